The number of esters is 1. The van der Waals surface area contributed by atoms with Crippen molar-refractivity contribution < 1.29 is 27.5 Å². The molecular weight excluding hydrogens is 239 g/mol. The maximum absolute atomic E-state index is 12.0. The summed E-state index contributed by atoms with van der Waals surface area (Å²) in [6, 6.07) is 0. The van der Waals surface area contributed by atoms with Gasteiger partial charge in [0.15, 0.2) is 0 Å². The Morgan fingerprint density at radius 3 is 2.18 bits per heavy atom. The van der Waals surface area contributed by atoms with Crippen LogP contribution in [0.5, 0.6) is 0 Å². The number of rotatable bonds is 5. The van der Waals surface area contributed by atoms with Crippen molar-refractivity contribution in [3.8, 4) is 0 Å². The van der Waals surface area contributed by atoms with Crippen LogP contribution in [0.15, 0.2) is 0 Å². The molecule has 17 heavy (non-hydrogen) atoms. The van der Waals surface area contributed by atoms with Crippen molar-refractivity contribution in [1.82, 2.24) is 5.32 Å². The summed E-state index contributed by atoms with van der Waals surface area (Å²) in [4.78, 5) is 22.5. The molecule has 0 aromatic rings. The molecule has 1 unspecified atom stereocenters. The lowest BCUT2D eigenvalue weighted by Gasteiger charge is -2.27. The van der Waals surface area contributed by atoms with Crippen LogP contribution in [0.3, 0.4) is 0 Å². The number of hydrogen-bond donors (Lipinski definition) is 1. The molecule has 0 aliphatic heterocycles. The highest BCUT2D eigenvalue weighted by Gasteiger charge is 2.38. The van der Waals surface area contributed by atoms with Crippen molar-refractivity contribution in [3.63, 3.8) is 0 Å². The maximum atomic E-state index is 12.0. The molecule has 0 fully saturated rings. The van der Waals surface area contributed by atoms with Crippen LogP contribution < -0.4 is 5.32 Å². The Labute approximate surface area is 97.5 Å². The number of carbonyl (C=O) groups excluding carboxylic acids is 2. The summed E-state index contributed by atoms with van der Waals surface area (Å²) in [6.45, 7) is 3.09. The van der Waals surface area contributed by atoms with Crippen LogP contribution in [0, 0.1) is 0 Å². The zero-order valence-electron chi connectivity index (χ0n) is 9.98. The molecule has 0 spiro atoms. The summed E-state index contributed by atoms with van der Waals surface area (Å²) in [5.74, 6) is -1.99. The number of nitrogens with one attached hydrogen (secondary N) is 1. The zero-order chi connectivity index (χ0) is 13.7. The molecule has 0 aliphatic rings. The van der Waals surface area contributed by atoms with Gasteiger partial charge >= 0.3 is 12.1 Å². The highest BCUT2D eigenvalue weighted by molar-refractivity contribution is 5.87. The van der Waals surface area contributed by atoms with Crippen molar-refractivity contribution in [1.29, 1.82) is 0 Å². The largest absolute Gasteiger partial charge is 0.467 e. The molecular formula is C10H16F3NO3. The van der Waals surface area contributed by atoms with Crippen molar-refractivity contribution in [2.75, 3.05) is 7.11 Å². The minimum absolute atomic E-state index is 0.212. The Morgan fingerprint density at radius 2 is 1.82 bits per heavy atom. The lowest BCUT2D eigenvalue weighted by atomic mass is 9.96. The average molecular weight is 255 g/mol. The second-order valence-electron chi connectivity index (χ2n) is 3.91. The van der Waals surface area contributed by atoms with E-state index in [4.69, 9.17) is 0 Å². The molecule has 1 N–H and O–H groups in total. The lowest BCUT2D eigenvalue weighted by molar-refractivity contribution is -0.160. The first-order valence-electron chi connectivity index (χ1n) is 5.11. The van der Waals surface area contributed by atoms with Gasteiger partial charge in [-0.25, -0.2) is 4.79 Å². The number of alkyl halides is 3. The van der Waals surface area contributed by atoms with E-state index < -0.39 is 30.0 Å². The van der Waals surface area contributed by atoms with Crippen LogP contribution in [0.1, 0.15) is 33.1 Å². The Kier molecular flexibility index (Phi) is 5.44. The number of amides is 1. The minimum Gasteiger partial charge on any atom is -0.467 e. The first-order chi connectivity index (χ1) is 7.64. The third kappa shape index (κ3) is 5.55. The van der Waals surface area contributed by atoms with Gasteiger partial charge in [0, 0.05) is 0 Å². The SMILES string of the molecule is CCCC(C)(NC(=O)CC(F)(F)F)C(=O)OC. The van der Waals surface area contributed by atoms with Gasteiger partial charge < -0.3 is 10.1 Å². The van der Waals surface area contributed by atoms with Crippen LogP contribution in [-0.4, -0.2) is 30.7 Å². The van der Waals surface area contributed by atoms with Crippen molar-refractivity contribution in [3.05, 3.63) is 0 Å². The fourth-order valence-corrected chi connectivity index (χ4v) is 1.47. The van der Waals surface area contributed by atoms with Gasteiger partial charge in [0.05, 0.1) is 7.11 Å². The molecule has 100 valence electrons. The first kappa shape index (κ1) is 15.7. The molecule has 0 heterocycles. The molecule has 0 bridgehead atoms. The molecule has 7 heteroatoms. The Morgan fingerprint density at radius 1 is 1.29 bits per heavy atom. The topological polar surface area (TPSA) is 55.4 Å². The van der Waals surface area contributed by atoms with Gasteiger partial charge in [-0.15, -0.1) is 0 Å². The zero-order valence-corrected chi connectivity index (χ0v) is 9.98. The van der Waals surface area contributed by atoms with E-state index in [1.165, 1.54) is 6.92 Å². The van der Waals surface area contributed by atoms with Crippen LogP contribution in [0.4, 0.5) is 13.2 Å². The van der Waals surface area contributed by atoms with Crippen molar-refractivity contribution in [2.24, 2.45) is 0 Å². The van der Waals surface area contributed by atoms with E-state index in [9.17, 15) is 22.8 Å². The van der Waals surface area contributed by atoms with E-state index in [1.807, 2.05) is 0 Å². The molecule has 0 aromatic heterocycles. The van der Waals surface area contributed by atoms with Crippen molar-refractivity contribution >= 4 is 11.9 Å². The van der Waals surface area contributed by atoms with Crippen LogP contribution >= 0.6 is 0 Å². The summed E-state index contributed by atoms with van der Waals surface area (Å²) < 4.78 is 40.4. The molecule has 0 aliphatic carbocycles. The normalized spacial score (nSPS) is 14.9. The molecule has 0 saturated heterocycles. The van der Waals surface area contributed by atoms with E-state index in [0.717, 1.165) is 7.11 Å². The molecule has 0 rings (SSSR count). The highest BCUT2D eigenvalue weighted by Crippen LogP contribution is 2.21. The number of methoxy groups -OCH3 is 1. The smallest absolute Gasteiger partial charge is 0.397 e. The number of halogens is 3. The summed E-state index contributed by atoms with van der Waals surface area (Å²) in [5, 5.41) is 2.07. The molecule has 4 nitrogen and oxygen atoms in total. The number of hydrogen-bond acceptors (Lipinski definition) is 3. The van der Waals surface area contributed by atoms with Gasteiger partial charge in [-0.1, -0.05) is 13.3 Å². The summed E-state index contributed by atoms with van der Waals surface area (Å²) >= 11 is 0. The fourth-order valence-electron chi connectivity index (χ4n) is 1.47. The van der Waals surface area contributed by atoms with Gasteiger partial charge in [-0.3, -0.25) is 4.79 Å². The maximum Gasteiger partial charge on any atom is 0.397 e. The fraction of sp³-hybridized carbons (Fsp3) is 0.800. The molecule has 1 amide bonds. The third-order valence-corrected chi connectivity index (χ3v) is 2.16. The standard InChI is InChI=1S/C10H16F3NO3/c1-4-5-9(2,8(16)17-3)14-7(15)6-10(11,12)13/h4-6H2,1-3H3,(H,14,15). The quantitative estimate of drug-likeness (QED) is 0.762. The second kappa shape index (κ2) is 5.88. The Balaban J connectivity index is 4.66. The van der Waals surface area contributed by atoms with Gasteiger partial charge in [0.25, 0.3) is 0 Å². The van der Waals surface area contributed by atoms with Gasteiger partial charge in [0.1, 0.15) is 12.0 Å². The van der Waals surface area contributed by atoms with E-state index in [1.54, 1.807) is 6.92 Å². The van der Waals surface area contributed by atoms with Gasteiger partial charge in [0.2, 0.25) is 5.91 Å². The van der Waals surface area contributed by atoms with Gasteiger partial charge in [-0.05, 0) is 13.3 Å². The molecule has 0 aromatic carbocycles. The van der Waals surface area contributed by atoms with E-state index in [0.29, 0.717) is 6.42 Å². The van der Waals surface area contributed by atoms with E-state index in [-0.39, 0.29) is 6.42 Å². The van der Waals surface area contributed by atoms with Crippen LogP contribution in [-0.2, 0) is 14.3 Å². The lowest BCUT2D eigenvalue weighted by Crippen LogP contribution is -2.53. The Bertz CT molecular complexity index is 291. The molecule has 0 saturated carbocycles. The number of ether oxygens (including phenoxy) is 1. The summed E-state index contributed by atoms with van der Waals surface area (Å²) in [7, 11) is 1.12. The predicted octanol–water partition coefficient (Wildman–Crippen LogP) is 1.79. The highest BCUT2D eigenvalue weighted by atomic mass is 19.4. The predicted molar refractivity (Wildman–Crippen MR) is 54.1 cm³/mol. The summed E-state index contributed by atoms with van der Waals surface area (Å²) in [5.41, 5.74) is -1.41. The average Bonchev–Trinajstić information content (AvgIpc) is 2.13. The first-order valence-corrected chi connectivity index (χ1v) is 5.11. The molecule has 1 atom stereocenters. The minimum atomic E-state index is -4.59. The second-order valence-corrected chi connectivity index (χ2v) is 3.91. The van der Waals surface area contributed by atoms with Crippen LogP contribution in [0.2, 0.25) is 0 Å². The molecule has 0 radical (unpaired) electrons. The third-order valence-electron chi connectivity index (χ3n) is 2.16. The van der Waals surface area contributed by atoms with Crippen molar-refractivity contribution in [2.45, 2.75) is 44.8 Å². The summed E-state index contributed by atoms with van der Waals surface area (Å²) in [6.07, 6.45) is -5.46. The Hall–Kier alpha value is -1.27. The van der Waals surface area contributed by atoms with E-state index >= 15 is 0 Å². The van der Waals surface area contributed by atoms with E-state index in [2.05, 4.69) is 10.1 Å². The van der Waals surface area contributed by atoms with Gasteiger partial charge in [-0.2, -0.15) is 13.2 Å². The number of carbonyl (C=O) groups is 2. The van der Waals surface area contributed by atoms with Crippen LogP contribution in [0.25, 0.3) is 0 Å². The monoisotopic (exact) mass is 255 g/mol.